The molecule has 1 heterocycles. The van der Waals surface area contributed by atoms with Gasteiger partial charge in [-0.05, 0) is 19.4 Å². The minimum Gasteiger partial charge on any atom is -0.318 e. The van der Waals surface area contributed by atoms with Crippen LogP contribution in [0.1, 0.15) is 117 Å². The summed E-state index contributed by atoms with van der Waals surface area (Å²) in [5.41, 5.74) is 0. The molecule has 0 atom stereocenters. The molecule has 0 saturated carbocycles. The molecule has 32 heavy (non-hydrogen) atoms. The van der Waals surface area contributed by atoms with E-state index in [0.717, 1.165) is 43.5 Å². The van der Waals surface area contributed by atoms with Gasteiger partial charge in [-0.2, -0.15) is 4.31 Å². The average Bonchev–Trinajstić information content (AvgIpc) is 2.79. The highest BCUT2D eigenvalue weighted by molar-refractivity contribution is 7.89. The third-order valence-corrected chi connectivity index (χ3v) is 9.44. The summed E-state index contributed by atoms with van der Waals surface area (Å²) in [5.74, 6) is 0.332. The van der Waals surface area contributed by atoms with E-state index in [1.165, 1.54) is 89.9 Å². The van der Waals surface area contributed by atoms with Crippen LogP contribution in [0.25, 0.3) is 0 Å². The molecule has 1 aliphatic heterocycles. The van der Waals surface area contributed by atoms with Crippen molar-refractivity contribution >= 4 is 10.0 Å². The van der Waals surface area contributed by atoms with E-state index in [2.05, 4.69) is 20.4 Å². The number of piperazine rings is 1. The molecule has 5 heteroatoms. The van der Waals surface area contributed by atoms with Crippen LogP contribution in [0.15, 0.2) is 12.7 Å². The topological polar surface area (TPSA) is 37.4 Å². The summed E-state index contributed by atoms with van der Waals surface area (Å²) < 4.78 is 28.1. The Hall–Kier alpha value is -0.390. The molecule has 1 rings (SSSR count). The minimum atomic E-state index is -3.08. The molecule has 0 aromatic carbocycles. The van der Waals surface area contributed by atoms with E-state index < -0.39 is 10.0 Å². The SMILES string of the molecule is C=CC[N+]1(CC)CCN(S(=O)(=O)CCCCCCCCCCCCCCCCCC)CC1. The molecule has 0 aromatic rings. The van der Waals surface area contributed by atoms with Crippen molar-refractivity contribution in [3.63, 3.8) is 0 Å². The Morgan fingerprint density at radius 1 is 0.719 bits per heavy atom. The van der Waals surface area contributed by atoms with Crippen LogP contribution < -0.4 is 0 Å². The van der Waals surface area contributed by atoms with Crippen molar-refractivity contribution in [2.75, 3.05) is 45.0 Å². The van der Waals surface area contributed by atoms with E-state index in [1.54, 1.807) is 4.31 Å². The molecule has 0 spiro atoms. The molecule has 4 nitrogen and oxygen atoms in total. The highest BCUT2D eigenvalue weighted by Gasteiger charge is 2.34. The fourth-order valence-corrected chi connectivity index (χ4v) is 6.56. The molecule has 0 aliphatic carbocycles. The first-order valence-corrected chi connectivity index (χ1v) is 15.5. The van der Waals surface area contributed by atoms with E-state index in [1.807, 2.05) is 6.08 Å². The summed E-state index contributed by atoms with van der Waals surface area (Å²) >= 11 is 0. The molecular formula is C27H55N2O2S+. The summed E-state index contributed by atoms with van der Waals surface area (Å²) in [6.07, 6.45) is 23.0. The number of nitrogens with zero attached hydrogens (tertiary/aromatic N) is 2. The van der Waals surface area contributed by atoms with Gasteiger partial charge in [-0.15, -0.1) is 0 Å². The maximum absolute atomic E-state index is 12.7. The standard InChI is InChI=1S/C27H55N2O2S/c1-4-7-8-9-10-11-12-13-14-15-16-17-18-19-20-21-27-32(30,31)28-22-25-29(6-3,24-5-2)26-23-28/h5H,2,4,6-27H2,1,3H3/q+1. The fraction of sp³-hybridized carbons (Fsp3) is 0.926. The molecule has 0 radical (unpaired) electrons. The lowest BCUT2D eigenvalue weighted by Crippen LogP contribution is -2.60. The molecule has 190 valence electrons. The van der Waals surface area contributed by atoms with Gasteiger partial charge < -0.3 is 4.48 Å². The van der Waals surface area contributed by atoms with Gasteiger partial charge in [-0.3, -0.25) is 0 Å². The van der Waals surface area contributed by atoms with Crippen LogP contribution in [0, 0.1) is 0 Å². The third-order valence-electron chi connectivity index (χ3n) is 7.48. The second-order valence-electron chi connectivity index (χ2n) is 10.1. The van der Waals surface area contributed by atoms with Gasteiger partial charge in [0, 0.05) is 0 Å². The normalized spacial score (nSPS) is 16.9. The lowest BCUT2D eigenvalue weighted by Gasteiger charge is -2.43. The van der Waals surface area contributed by atoms with Gasteiger partial charge in [0.25, 0.3) is 0 Å². The first-order chi connectivity index (χ1) is 15.5. The van der Waals surface area contributed by atoms with Gasteiger partial charge >= 0.3 is 0 Å². The number of likely N-dealkylation sites (N-methyl/N-ethyl adjacent to an activating group) is 1. The summed E-state index contributed by atoms with van der Waals surface area (Å²) in [6.45, 7) is 13.5. The quantitative estimate of drug-likeness (QED) is 0.104. The number of quaternary nitrogens is 1. The lowest BCUT2D eigenvalue weighted by molar-refractivity contribution is -0.924. The van der Waals surface area contributed by atoms with Crippen LogP contribution in [0.2, 0.25) is 0 Å². The second-order valence-corrected chi connectivity index (χ2v) is 12.2. The number of sulfonamides is 1. The largest absolute Gasteiger partial charge is 0.318 e. The summed E-state index contributed by atoms with van der Waals surface area (Å²) in [7, 11) is -3.08. The number of hydrogen-bond acceptors (Lipinski definition) is 2. The second kappa shape index (κ2) is 18.0. The summed E-state index contributed by atoms with van der Waals surface area (Å²) in [4.78, 5) is 0. The van der Waals surface area contributed by atoms with E-state index in [-0.39, 0.29) is 0 Å². The van der Waals surface area contributed by atoms with Crippen LogP contribution in [0.5, 0.6) is 0 Å². The zero-order chi connectivity index (χ0) is 23.5. The molecule has 0 amide bonds. The molecule has 0 unspecified atom stereocenters. The smallest absolute Gasteiger partial charge is 0.214 e. The van der Waals surface area contributed by atoms with Crippen molar-refractivity contribution in [2.24, 2.45) is 0 Å². The van der Waals surface area contributed by atoms with E-state index in [0.29, 0.717) is 18.8 Å². The van der Waals surface area contributed by atoms with Gasteiger partial charge in [0.1, 0.15) is 0 Å². The predicted molar refractivity (Wildman–Crippen MR) is 141 cm³/mol. The first kappa shape index (κ1) is 29.6. The van der Waals surface area contributed by atoms with E-state index in [4.69, 9.17) is 0 Å². The Morgan fingerprint density at radius 2 is 1.12 bits per heavy atom. The van der Waals surface area contributed by atoms with Crippen molar-refractivity contribution in [3.05, 3.63) is 12.7 Å². The monoisotopic (exact) mass is 471 g/mol. The van der Waals surface area contributed by atoms with Crippen LogP contribution in [-0.2, 0) is 10.0 Å². The molecule has 0 bridgehead atoms. The molecule has 1 saturated heterocycles. The van der Waals surface area contributed by atoms with Crippen molar-refractivity contribution < 1.29 is 12.9 Å². The minimum absolute atomic E-state index is 0.332. The van der Waals surface area contributed by atoms with Crippen molar-refractivity contribution in [2.45, 2.75) is 117 Å². The number of hydrogen-bond donors (Lipinski definition) is 0. The molecule has 0 aromatic heterocycles. The maximum Gasteiger partial charge on any atom is 0.214 e. The van der Waals surface area contributed by atoms with Gasteiger partial charge in [0.15, 0.2) is 0 Å². The van der Waals surface area contributed by atoms with Crippen molar-refractivity contribution in [1.82, 2.24) is 4.31 Å². The number of rotatable bonds is 21. The zero-order valence-corrected chi connectivity index (χ0v) is 22.5. The molecular weight excluding hydrogens is 416 g/mol. The average molecular weight is 472 g/mol. The van der Waals surface area contributed by atoms with Gasteiger partial charge in [0.05, 0.1) is 45.0 Å². The Balaban J connectivity index is 1.96. The van der Waals surface area contributed by atoms with Crippen LogP contribution in [0.4, 0.5) is 0 Å². The number of unbranched alkanes of at least 4 members (excludes halogenated alkanes) is 15. The van der Waals surface area contributed by atoms with Gasteiger partial charge in [-0.25, -0.2) is 8.42 Å². The molecule has 0 N–H and O–H groups in total. The molecule has 1 fully saturated rings. The first-order valence-electron chi connectivity index (χ1n) is 13.9. The highest BCUT2D eigenvalue weighted by Crippen LogP contribution is 2.18. The lowest BCUT2D eigenvalue weighted by atomic mass is 10.0. The van der Waals surface area contributed by atoms with E-state index >= 15 is 0 Å². The van der Waals surface area contributed by atoms with Crippen LogP contribution in [-0.4, -0.2) is 62.2 Å². The van der Waals surface area contributed by atoms with Gasteiger partial charge in [-0.1, -0.05) is 110 Å². The summed E-state index contributed by atoms with van der Waals surface area (Å²) in [5, 5.41) is 0. The summed E-state index contributed by atoms with van der Waals surface area (Å²) in [6, 6.07) is 0. The predicted octanol–water partition coefficient (Wildman–Crippen LogP) is 6.92. The Morgan fingerprint density at radius 3 is 1.50 bits per heavy atom. The third kappa shape index (κ3) is 12.7. The Labute approximate surface area is 201 Å². The van der Waals surface area contributed by atoms with Crippen molar-refractivity contribution in [1.29, 1.82) is 0 Å². The zero-order valence-electron chi connectivity index (χ0n) is 21.7. The van der Waals surface area contributed by atoms with Crippen LogP contribution >= 0.6 is 0 Å². The Bertz CT molecular complexity index is 554. The molecule has 1 aliphatic rings. The maximum atomic E-state index is 12.7. The Kier molecular flexibility index (Phi) is 16.7. The van der Waals surface area contributed by atoms with Gasteiger partial charge in [0.2, 0.25) is 10.0 Å². The van der Waals surface area contributed by atoms with Crippen LogP contribution in [0.3, 0.4) is 0 Å². The highest BCUT2D eigenvalue weighted by atomic mass is 32.2. The van der Waals surface area contributed by atoms with E-state index in [9.17, 15) is 8.42 Å². The van der Waals surface area contributed by atoms with Crippen molar-refractivity contribution in [3.8, 4) is 0 Å². The fourth-order valence-electron chi connectivity index (χ4n) is 5.01.